The minimum atomic E-state index is -0.481. The lowest BCUT2D eigenvalue weighted by atomic mass is 10.1. The molecule has 2 aromatic rings. The van der Waals surface area contributed by atoms with Crippen molar-refractivity contribution in [2.75, 3.05) is 13.1 Å². The Morgan fingerprint density at radius 1 is 1.12 bits per heavy atom. The minimum absolute atomic E-state index is 0.0428. The third kappa shape index (κ3) is 3.03. The van der Waals surface area contributed by atoms with Gasteiger partial charge in [-0.1, -0.05) is 0 Å². The first-order valence-electron chi connectivity index (χ1n) is 8.49. The van der Waals surface area contributed by atoms with Crippen LogP contribution in [0.15, 0.2) is 31.1 Å². The van der Waals surface area contributed by atoms with Gasteiger partial charge in [-0.25, -0.2) is 15.0 Å². The molecule has 2 fully saturated rings. The first-order chi connectivity index (χ1) is 11.7. The number of hydrogen-bond acceptors (Lipinski definition) is 5. The van der Waals surface area contributed by atoms with Gasteiger partial charge in [-0.05, 0) is 25.7 Å². The summed E-state index contributed by atoms with van der Waals surface area (Å²) in [6.07, 6.45) is 11.6. The fraction of sp³-hybridized carbons (Fsp3) is 0.529. The van der Waals surface area contributed by atoms with Crippen molar-refractivity contribution < 1.29 is 9.90 Å². The van der Waals surface area contributed by atoms with Crippen LogP contribution in [-0.2, 0) is 0 Å². The van der Waals surface area contributed by atoms with Gasteiger partial charge >= 0.3 is 0 Å². The number of aromatic nitrogens is 4. The summed E-state index contributed by atoms with van der Waals surface area (Å²) in [5, 5.41) is 10.4. The van der Waals surface area contributed by atoms with E-state index in [1.165, 1.54) is 0 Å². The molecule has 1 N–H and O–H groups in total. The number of amides is 1. The van der Waals surface area contributed by atoms with E-state index in [-0.39, 0.29) is 11.9 Å². The van der Waals surface area contributed by atoms with E-state index < -0.39 is 6.10 Å². The predicted octanol–water partition coefficient (Wildman–Crippen LogP) is 1.39. The van der Waals surface area contributed by atoms with Crippen molar-refractivity contribution in [2.24, 2.45) is 0 Å². The van der Waals surface area contributed by atoms with Crippen molar-refractivity contribution >= 4 is 5.91 Å². The van der Waals surface area contributed by atoms with Crippen LogP contribution in [0.4, 0.5) is 0 Å². The Balaban J connectivity index is 1.45. The van der Waals surface area contributed by atoms with Gasteiger partial charge in [0.05, 0.1) is 24.0 Å². The van der Waals surface area contributed by atoms with E-state index in [4.69, 9.17) is 0 Å². The number of imidazole rings is 1. The zero-order chi connectivity index (χ0) is 16.5. The molecule has 1 aliphatic heterocycles. The van der Waals surface area contributed by atoms with Crippen LogP contribution in [0.2, 0.25) is 0 Å². The Bertz CT molecular complexity index is 696. The van der Waals surface area contributed by atoms with Gasteiger partial charge in [0.1, 0.15) is 5.82 Å². The van der Waals surface area contributed by atoms with Gasteiger partial charge in [-0.2, -0.15) is 0 Å². The Morgan fingerprint density at radius 2 is 1.88 bits per heavy atom. The number of carbonyl (C=O) groups is 1. The fourth-order valence-electron chi connectivity index (χ4n) is 3.27. The van der Waals surface area contributed by atoms with Crippen molar-refractivity contribution in [2.45, 2.75) is 43.7 Å². The fourth-order valence-corrected chi connectivity index (χ4v) is 3.27. The van der Waals surface area contributed by atoms with Gasteiger partial charge in [-0.15, -0.1) is 0 Å². The highest BCUT2D eigenvalue weighted by Gasteiger charge is 2.29. The Morgan fingerprint density at radius 3 is 2.54 bits per heavy atom. The van der Waals surface area contributed by atoms with Gasteiger partial charge in [0.2, 0.25) is 0 Å². The maximum absolute atomic E-state index is 12.7. The van der Waals surface area contributed by atoms with Crippen LogP contribution in [0.1, 0.15) is 53.8 Å². The largest absolute Gasteiger partial charge is 0.391 e. The number of aliphatic hydroxyl groups is 1. The van der Waals surface area contributed by atoms with Crippen LogP contribution >= 0.6 is 0 Å². The summed E-state index contributed by atoms with van der Waals surface area (Å²) in [6.45, 7) is 1.14. The van der Waals surface area contributed by atoms with Crippen LogP contribution in [0.3, 0.4) is 0 Å². The molecule has 126 valence electrons. The standard InChI is InChI=1S/C17H21N5O2/c23-15-4-7-21(6-3-14(15)22-8-5-18-11-22)17(24)13-9-19-16(20-10-13)12-1-2-12/h5,8-12,14-15,23H,1-4,6-7H2/t14-,15-/m0/s1. The summed E-state index contributed by atoms with van der Waals surface area (Å²) >= 11 is 0. The zero-order valence-electron chi connectivity index (χ0n) is 13.5. The summed E-state index contributed by atoms with van der Waals surface area (Å²) < 4.78 is 1.92. The molecule has 4 rings (SSSR count). The van der Waals surface area contributed by atoms with E-state index in [2.05, 4.69) is 15.0 Å². The maximum Gasteiger partial charge on any atom is 0.256 e. The third-order valence-electron chi connectivity index (χ3n) is 4.89. The lowest BCUT2D eigenvalue weighted by Crippen LogP contribution is -2.32. The Labute approximate surface area is 140 Å². The highest BCUT2D eigenvalue weighted by atomic mass is 16.3. The number of rotatable bonds is 3. The van der Waals surface area contributed by atoms with Crippen LogP contribution < -0.4 is 0 Å². The molecule has 1 saturated heterocycles. The van der Waals surface area contributed by atoms with Crippen molar-refractivity contribution in [3.8, 4) is 0 Å². The molecule has 1 saturated carbocycles. The molecular weight excluding hydrogens is 306 g/mol. The summed E-state index contributed by atoms with van der Waals surface area (Å²) in [4.78, 5) is 27.2. The Kier molecular flexibility index (Phi) is 4.02. The summed E-state index contributed by atoms with van der Waals surface area (Å²) in [7, 11) is 0. The van der Waals surface area contributed by atoms with E-state index in [0.717, 1.165) is 18.7 Å². The van der Waals surface area contributed by atoms with Crippen LogP contribution in [0, 0.1) is 0 Å². The molecule has 7 nitrogen and oxygen atoms in total. The molecule has 1 amide bonds. The van der Waals surface area contributed by atoms with Crippen LogP contribution in [0.5, 0.6) is 0 Å². The average Bonchev–Trinajstić information content (AvgIpc) is 3.36. The Hall–Kier alpha value is -2.28. The second-order valence-corrected chi connectivity index (χ2v) is 6.62. The highest BCUT2D eigenvalue weighted by molar-refractivity contribution is 5.93. The summed E-state index contributed by atoms with van der Waals surface area (Å²) in [5.74, 6) is 1.27. The molecule has 0 spiro atoms. The second-order valence-electron chi connectivity index (χ2n) is 6.62. The second kappa shape index (κ2) is 6.32. The lowest BCUT2D eigenvalue weighted by Gasteiger charge is -2.21. The normalized spacial score (nSPS) is 24.6. The topological polar surface area (TPSA) is 84.1 Å². The summed E-state index contributed by atoms with van der Waals surface area (Å²) in [5.41, 5.74) is 0.523. The van der Waals surface area contributed by atoms with Gasteiger partial charge in [0, 0.05) is 43.8 Å². The molecule has 3 heterocycles. The number of hydrogen-bond donors (Lipinski definition) is 1. The van der Waals surface area contributed by atoms with E-state index in [1.807, 2.05) is 10.8 Å². The molecular formula is C17H21N5O2. The molecule has 0 unspecified atom stereocenters. The van der Waals surface area contributed by atoms with Gasteiger partial charge in [0.25, 0.3) is 5.91 Å². The van der Waals surface area contributed by atoms with Crippen LogP contribution in [-0.4, -0.2) is 54.6 Å². The average molecular weight is 327 g/mol. The molecule has 24 heavy (non-hydrogen) atoms. The quantitative estimate of drug-likeness (QED) is 0.921. The highest BCUT2D eigenvalue weighted by Crippen LogP contribution is 2.37. The number of aliphatic hydroxyl groups excluding tert-OH is 1. The predicted molar refractivity (Wildman–Crippen MR) is 86.4 cm³/mol. The zero-order valence-corrected chi connectivity index (χ0v) is 13.5. The molecule has 2 aromatic heterocycles. The number of nitrogens with zero attached hydrogens (tertiary/aromatic N) is 5. The van der Waals surface area contributed by atoms with E-state index in [1.54, 1.807) is 29.8 Å². The van der Waals surface area contributed by atoms with Crippen LogP contribution in [0.25, 0.3) is 0 Å². The smallest absolute Gasteiger partial charge is 0.256 e. The first-order valence-corrected chi connectivity index (χ1v) is 8.49. The SMILES string of the molecule is O=C(c1cnc(C2CC2)nc1)N1CC[C@H](O)[C@@H](n2ccnc2)CC1. The monoisotopic (exact) mass is 327 g/mol. The van der Waals surface area contributed by atoms with Gasteiger partial charge in [0.15, 0.2) is 0 Å². The van der Waals surface area contributed by atoms with E-state index in [9.17, 15) is 9.90 Å². The molecule has 0 radical (unpaired) electrons. The minimum Gasteiger partial charge on any atom is -0.391 e. The summed E-state index contributed by atoms with van der Waals surface area (Å²) in [6, 6.07) is -0.0428. The molecule has 0 bridgehead atoms. The molecule has 0 aromatic carbocycles. The molecule has 1 aliphatic carbocycles. The van der Waals surface area contributed by atoms with Crippen molar-refractivity contribution in [1.82, 2.24) is 24.4 Å². The number of carbonyl (C=O) groups excluding carboxylic acids is 1. The first kappa shape index (κ1) is 15.3. The molecule has 2 aliphatic rings. The van der Waals surface area contributed by atoms with Crippen molar-refractivity contribution in [3.05, 3.63) is 42.5 Å². The van der Waals surface area contributed by atoms with E-state index in [0.29, 0.717) is 37.4 Å². The van der Waals surface area contributed by atoms with Crippen molar-refractivity contribution in [3.63, 3.8) is 0 Å². The molecule has 7 heteroatoms. The molecule has 2 atom stereocenters. The third-order valence-corrected chi connectivity index (χ3v) is 4.89. The van der Waals surface area contributed by atoms with E-state index >= 15 is 0 Å². The number of likely N-dealkylation sites (tertiary alicyclic amines) is 1. The lowest BCUT2D eigenvalue weighted by molar-refractivity contribution is 0.0750. The van der Waals surface area contributed by atoms with Crippen molar-refractivity contribution in [1.29, 1.82) is 0 Å². The van der Waals surface area contributed by atoms with Gasteiger partial charge < -0.3 is 14.6 Å². The van der Waals surface area contributed by atoms with Gasteiger partial charge in [-0.3, -0.25) is 4.79 Å². The maximum atomic E-state index is 12.7.